The second kappa shape index (κ2) is 8.13. The van der Waals surface area contributed by atoms with Gasteiger partial charge in [0, 0.05) is 45.5 Å². The zero-order chi connectivity index (χ0) is 16.8. The third-order valence-electron chi connectivity index (χ3n) is 4.45. The van der Waals surface area contributed by atoms with Gasteiger partial charge in [-0.1, -0.05) is 18.2 Å². The van der Waals surface area contributed by atoms with Crippen LogP contribution in [-0.2, 0) is 13.1 Å². The van der Waals surface area contributed by atoms with E-state index in [1.165, 1.54) is 11.1 Å². The van der Waals surface area contributed by atoms with Crippen LogP contribution in [0.2, 0.25) is 0 Å². The van der Waals surface area contributed by atoms with Crippen LogP contribution in [0.25, 0.3) is 0 Å². The summed E-state index contributed by atoms with van der Waals surface area (Å²) in [7, 11) is 3.86. The Balaban J connectivity index is 1.47. The smallest absolute Gasteiger partial charge is 0.128 e. The van der Waals surface area contributed by atoms with Crippen LogP contribution in [-0.4, -0.2) is 50.2 Å². The number of hydrogen-bond donors (Lipinski definition) is 1. The number of nitrogens with one attached hydrogen (secondary N) is 1. The SMILES string of the molecule is COc1ccc(CNCc2ccc(N3CCN(C)CC3)nc2)cc1. The van der Waals surface area contributed by atoms with Gasteiger partial charge in [-0.25, -0.2) is 4.98 Å². The molecule has 0 aliphatic carbocycles. The Bertz CT molecular complexity index is 619. The molecule has 0 amide bonds. The predicted octanol–water partition coefficient (Wildman–Crippen LogP) is 2.13. The van der Waals surface area contributed by atoms with Gasteiger partial charge in [-0.15, -0.1) is 0 Å². The van der Waals surface area contributed by atoms with E-state index in [0.29, 0.717) is 0 Å². The normalized spacial score (nSPS) is 15.5. The molecule has 1 aliphatic heterocycles. The molecule has 0 bridgehead atoms. The Morgan fingerprint density at radius 1 is 0.958 bits per heavy atom. The lowest BCUT2D eigenvalue weighted by Crippen LogP contribution is -2.44. The first-order valence-corrected chi connectivity index (χ1v) is 8.46. The minimum absolute atomic E-state index is 0.821. The van der Waals surface area contributed by atoms with Crippen molar-refractivity contribution in [1.82, 2.24) is 15.2 Å². The van der Waals surface area contributed by atoms with Gasteiger partial charge < -0.3 is 19.9 Å². The van der Waals surface area contributed by atoms with Gasteiger partial charge in [-0.05, 0) is 36.4 Å². The molecule has 1 saturated heterocycles. The minimum atomic E-state index is 0.821. The van der Waals surface area contributed by atoms with E-state index in [4.69, 9.17) is 4.74 Å². The number of piperazine rings is 1. The maximum Gasteiger partial charge on any atom is 0.128 e. The molecule has 1 aromatic carbocycles. The number of methoxy groups -OCH3 is 1. The molecule has 0 spiro atoms. The molecule has 5 nitrogen and oxygen atoms in total. The zero-order valence-electron chi connectivity index (χ0n) is 14.5. The maximum atomic E-state index is 5.17. The summed E-state index contributed by atoms with van der Waals surface area (Å²) >= 11 is 0. The fourth-order valence-electron chi connectivity index (χ4n) is 2.84. The molecule has 5 heteroatoms. The van der Waals surface area contributed by atoms with E-state index in [1.54, 1.807) is 7.11 Å². The summed E-state index contributed by atoms with van der Waals surface area (Å²) in [5.41, 5.74) is 2.46. The van der Waals surface area contributed by atoms with Gasteiger partial charge >= 0.3 is 0 Å². The van der Waals surface area contributed by atoms with Crippen molar-refractivity contribution in [3.63, 3.8) is 0 Å². The van der Waals surface area contributed by atoms with Crippen molar-refractivity contribution in [3.05, 3.63) is 53.7 Å². The first-order valence-electron chi connectivity index (χ1n) is 8.46. The molecule has 0 unspecified atom stereocenters. The summed E-state index contributed by atoms with van der Waals surface area (Å²) in [6.45, 7) is 5.98. The number of ether oxygens (including phenoxy) is 1. The molecular formula is C19H26N4O. The lowest BCUT2D eigenvalue weighted by Gasteiger charge is -2.33. The number of benzene rings is 1. The number of nitrogens with zero attached hydrogens (tertiary/aromatic N) is 3. The second-order valence-corrected chi connectivity index (χ2v) is 6.27. The number of aromatic nitrogens is 1. The predicted molar refractivity (Wildman–Crippen MR) is 97.5 cm³/mol. The van der Waals surface area contributed by atoms with Crippen molar-refractivity contribution in [3.8, 4) is 5.75 Å². The molecule has 1 aliphatic rings. The number of rotatable bonds is 6. The second-order valence-electron chi connectivity index (χ2n) is 6.27. The van der Waals surface area contributed by atoms with Crippen LogP contribution in [0.1, 0.15) is 11.1 Å². The van der Waals surface area contributed by atoms with Gasteiger partial charge in [-0.2, -0.15) is 0 Å². The average Bonchev–Trinajstić information content (AvgIpc) is 2.64. The van der Waals surface area contributed by atoms with Crippen molar-refractivity contribution >= 4 is 5.82 Å². The van der Waals surface area contributed by atoms with Gasteiger partial charge in [0.2, 0.25) is 0 Å². The molecular weight excluding hydrogens is 300 g/mol. The minimum Gasteiger partial charge on any atom is -0.497 e. The van der Waals surface area contributed by atoms with Crippen molar-refractivity contribution in [1.29, 1.82) is 0 Å². The van der Waals surface area contributed by atoms with Crippen LogP contribution < -0.4 is 15.0 Å². The molecule has 1 N–H and O–H groups in total. The van der Waals surface area contributed by atoms with Gasteiger partial charge in [0.1, 0.15) is 11.6 Å². The maximum absolute atomic E-state index is 5.17. The first kappa shape index (κ1) is 16.7. The van der Waals surface area contributed by atoms with E-state index >= 15 is 0 Å². The van der Waals surface area contributed by atoms with Crippen molar-refractivity contribution in [2.75, 3.05) is 45.2 Å². The quantitative estimate of drug-likeness (QED) is 0.881. The largest absolute Gasteiger partial charge is 0.497 e. The summed E-state index contributed by atoms with van der Waals surface area (Å²) < 4.78 is 5.17. The first-order chi connectivity index (χ1) is 11.7. The van der Waals surface area contributed by atoms with Gasteiger partial charge in [0.25, 0.3) is 0 Å². The van der Waals surface area contributed by atoms with E-state index in [2.05, 4.69) is 51.4 Å². The third kappa shape index (κ3) is 4.46. The monoisotopic (exact) mass is 326 g/mol. The van der Waals surface area contributed by atoms with Crippen molar-refractivity contribution < 1.29 is 4.74 Å². The lowest BCUT2D eigenvalue weighted by molar-refractivity contribution is 0.312. The topological polar surface area (TPSA) is 40.6 Å². The van der Waals surface area contributed by atoms with Gasteiger partial charge in [0.15, 0.2) is 0 Å². The molecule has 128 valence electrons. The molecule has 1 fully saturated rings. The van der Waals surface area contributed by atoms with Crippen LogP contribution in [0.5, 0.6) is 5.75 Å². The number of hydrogen-bond acceptors (Lipinski definition) is 5. The van der Waals surface area contributed by atoms with E-state index in [0.717, 1.165) is 50.8 Å². The molecule has 0 radical (unpaired) electrons. The van der Waals surface area contributed by atoms with Crippen molar-refractivity contribution in [2.45, 2.75) is 13.1 Å². The summed E-state index contributed by atoms with van der Waals surface area (Å²) in [4.78, 5) is 9.34. The Hall–Kier alpha value is -2.11. The highest BCUT2D eigenvalue weighted by Gasteiger charge is 2.14. The van der Waals surface area contributed by atoms with Crippen LogP contribution >= 0.6 is 0 Å². The van der Waals surface area contributed by atoms with E-state index in [9.17, 15) is 0 Å². The molecule has 0 atom stereocenters. The summed E-state index contributed by atoms with van der Waals surface area (Å²) in [6.07, 6.45) is 1.98. The van der Waals surface area contributed by atoms with Crippen LogP contribution in [0, 0.1) is 0 Å². The van der Waals surface area contributed by atoms with Crippen LogP contribution in [0.4, 0.5) is 5.82 Å². The number of pyridine rings is 1. The highest BCUT2D eigenvalue weighted by molar-refractivity contribution is 5.40. The third-order valence-corrected chi connectivity index (χ3v) is 4.45. The van der Waals surface area contributed by atoms with Gasteiger partial charge in [-0.3, -0.25) is 0 Å². The Morgan fingerprint density at radius 3 is 2.25 bits per heavy atom. The summed E-state index contributed by atoms with van der Waals surface area (Å²) in [5, 5.41) is 3.46. The van der Waals surface area contributed by atoms with Crippen LogP contribution in [0.15, 0.2) is 42.6 Å². The Kier molecular flexibility index (Phi) is 5.67. The average molecular weight is 326 g/mol. The molecule has 24 heavy (non-hydrogen) atoms. The number of likely N-dealkylation sites (N-methyl/N-ethyl adjacent to an activating group) is 1. The Morgan fingerprint density at radius 2 is 1.62 bits per heavy atom. The van der Waals surface area contributed by atoms with Crippen LogP contribution in [0.3, 0.4) is 0 Å². The van der Waals surface area contributed by atoms with E-state index in [-0.39, 0.29) is 0 Å². The molecule has 1 aromatic heterocycles. The summed E-state index contributed by atoms with van der Waals surface area (Å²) in [5.74, 6) is 1.98. The molecule has 3 rings (SSSR count). The van der Waals surface area contributed by atoms with Crippen molar-refractivity contribution in [2.24, 2.45) is 0 Å². The highest BCUT2D eigenvalue weighted by atomic mass is 16.5. The zero-order valence-corrected chi connectivity index (χ0v) is 14.5. The molecule has 2 aromatic rings. The van der Waals surface area contributed by atoms with E-state index < -0.39 is 0 Å². The van der Waals surface area contributed by atoms with Gasteiger partial charge in [0.05, 0.1) is 7.11 Å². The molecule has 0 saturated carbocycles. The Labute approximate surface area is 144 Å². The summed E-state index contributed by atoms with van der Waals surface area (Å²) in [6, 6.07) is 12.4. The van der Waals surface area contributed by atoms with E-state index in [1.807, 2.05) is 18.3 Å². The highest BCUT2D eigenvalue weighted by Crippen LogP contribution is 2.14. The molecule has 2 heterocycles. The lowest BCUT2D eigenvalue weighted by atomic mass is 10.2. The fourth-order valence-corrected chi connectivity index (χ4v) is 2.84. The standard InChI is InChI=1S/C19H26N4O/c1-22-9-11-23(12-10-22)19-8-5-17(15-21-19)14-20-13-16-3-6-18(24-2)7-4-16/h3-8,15,20H,9-14H2,1-2H3. The fraction of sp³-hybridized carbons (Fsp3) is 0.421. The number of anilines is 1.